The molecular weight excluding hydrogens is 266 g/mol. The molecule has 0 unspecified atom stereocenters. The van der Waals surface area contributed by atoms with E-state index in [1.54, 1.807) is 0 Å². The molecule has 1 aromatic carbocycles. The Morgan fingerprint density at radius 1 is 1.33 bits per heavy atom. The molecule has 4 N–H and O–H groups in total. The summed E-state index contributed by atoms with van der Waals surface area (Å²) in [5.74, 6) is 1.33. The van der Waals surface area contributed by atoms with Gasteiger partial charge >= 0.3 is 0 Å². The zero-order valence-electron chi connectivity index (χ0n) is 13.5. The molecule has 0 amide bonds. The maximum absolute atomic E-state index is 5.87. The first kappa shape index (κ1) is 17.0. The highest BCUT2D eigenvalue weighted by Crippen LogP contribution is 2.24. The Bertz CT molecular complexity index is 467. The van der Waals surface area contributed by atoms with E-state index in [1.807, 2.05) is 45.9 Å². The molecule has 0 saturated carbocycles. The number of hydrogen-bond donors (Lipinski definition) is 3. The van der Waals surface area contributed by atoms with Crippen LogP contribution >= 0.6 is 0 Å². The summed E-state index contributed by atoms with van der Waals surface area (Å²) in [6.45, 7) is 13.7. The number of rotatable bonds is 8. The summed E-state index contributed by atoms with van der Waals surface area (Å²) in [6, 6.07) is 5.60. The summed E-state index contributed by atoms with van der Waals surface area (Å²) in [7, 11) is 0. The molecule has 118 valence electrons. The third kappa shape index (κ3) is 6.79. The van der Waals surface area contributed by atoms with Gasteiger partial charge in [0, 0.05) is 12.6 Å². The van der Waals surface area contributed by atoms with E-state index in [1.165, 1.54) is 0 Å². The predicted octanol–water partition coefficient (Wildman–Crippen LogP) is 2.96. The van der Waals surface area contributed by atoms with E-state index in [4.69, 9.17) is 15.2 Å². The smallest absolute Gasteiger partial charge is 0.179 e. The lowest BCUT2D eigenvalue weighted by Crippen LogP contribution is -2.27. The van der Waals surface area contributed by atoms with Gasteiger partial charge in [0.1, 0.15) is 18.0 Å². The van der Waals surface area contributed by atoms with Gasteiger partial charge in [0.2, 0.25) is 0 Å². The average Bonchev–Trinajstić information content (AvgIpc) is 2.36. The van der Waals surface area contributed by atoms with Crippen LogP contribution in [0.1, 0.15) is 27.7 Å². The molecule has 0 aliphatic heterocycles. The van der Waals surface area contributed by atoms with Gasteiger partial charge in [-0.2, -0.15) is 0 Å². The fourth-order valence-electron chi connectivity index (χ4n) is 1.73. The van der Waals surface area contributed by atoms with Gasteiger partial charge in [0.05, 0.1) is 17.9 Å². The van der Waals surface area contributed by atoms with Crippen LogP contribution in [0.5, 0.6) is 5.75 Å². The van der Waals surface area contributed by atoms with Gasteiger partial charge in [-0.05, 0) is 46.4 Å². The molecular formula is C16H27N3O2. The molecule has 21 heavy (non-hydrogen) atoms. The molecule has 0 aliphatic carbocycles. The number of nitrogens with one attached hydrogen (secondary N) is 2. The van der Waals surface area contributed by atoms with E-state index in [2.05, 4.69) is 17.2 Å². The van der Waals surface area contributed by atoms with Crippen LogP contribution in [0, 0.1) is 0 Å². The molecule has 5 nitrogen and oxygen atoms in total. The lowest BCUT2D eigenvalue weighted by atomic mass is 10.2. The quantitative estimate of drug-likeness (QED) is 0.390. The minimum Gasteiger partial charge on any atom is -0.492 e. The van der Waals surface area contributed by atoms with Crippen LogP contribution in [-0.4, -0.2) is 25.3 Å². The van der Waals surface area contributed by atoms with Gasteiger partial charge in [0.25, 0.3) is 0 Å². The number of ether oxygens (including phenoxy) is 2. The maximum atomic E-state index is 5.87. The fraction of sp³-hybridized carbons (Fsp3) is 0.500. The van der Waals surface area contributed by atoms with Gasteiger partial charge in [-0.1, -0.05) is 0 Å². The maximum Gasteiger partial charge on any atom is 0.179 e. The van der Waals surface area contributed by atoms with Crippen LogP contribution in [0.25, 0.3) is 0 Å². The van der Waals surface area contributed by atoms with Crippen molar-refractivity contribution < 1.29 is 9.47 Å². The number of benzene rings is 1. The Morgan fingerprint density at radius 3 is 2.67 bits per heavy atom. The van der Waals surface area contributed by atoms with Crippen molar-refractivity contribution in [2.75, 3.05) is 30.7 Å². The second-order valence-corrected chi connectivity index (χ2v) is 5.69. The van der Waals surface area contributed by atoms with Crippen LogP contribution < -0.4 is 21.1 Å². The number of hydrogen-bond acceptors (Lipinski definition) is 5. The summed E-state index contributed by atoms with van der Waals surface area (Å²) in [5, 5.41) is 6.27. The molecule has 0 atom stereocenters. The van der Waals surface area contributed by atoms with Crippen molar-refractivity contribution in [3.8, 4) is 5.75 Å². The fourth-order valence-corrected chi connectivity index (χ4v) is 1.73. The van der Waals surface area contributed by atoms with Gasteiger partial charge < -0.3 is 25.8 Å². The van der Waals surface area contributed by atoms with Crippen molar-refractivity contribution in [2.24, 2.45) is 0 Å². The zero-order chi connectivity index (χ0) is 15.9. The van der Waals surface area contributed by atoms with Gasteiger partial charge in [-0.15, -0.1) is 0 Å². The Kier molecular flexibility index (Phi) is 6.21. The van der Waals surface area contributed by atoms with Crippen LogP contribution in [0.3, 0.4) is 0 Å². The Labute approximate surface area is 127 Å². The number of nitrogen functional groups attached to an aromatic ring is 1. The van der Waals surface area contributed by atoms with E-state index in [9.17, 15) is 0 Å². The predicted molar refractivity (Wildman–Crippen MR) is 88.5 cm³/mol. The first-order valence-electron chi connectivity index (χ1n) is 7.20. The first-order chi connectivity index (χ1) is 9.81. The van der Waals surface area contributed by atoms with E-state index < -0.39 is 0 Å². The number of nitrogens with two attached hydrogens (primary N) is 1. The Hall–Kier alpha value is -2.04. The summed E-state index contributed by atoms with van der Waals surface area (Å²) >= 11 is 0. The van der Waals surface area contributed by atoms with Crippen LogP contribution in [0.2, 0.25) is 0 Å². The van der Waals surface area contributed by atoms with Crippen molar-refractivity contribution in [3.05, 3.63) is 30.7 Å². The van der Waals surface area contributed by atoms with Crippen molar-refractivity contribution in [2.45, 2.75) is 33.3 Å². The second-order valence-electron chi connectivity index (χ2n) is 5.69. The molecule has 0 bridgehead atoms. The summed E-state index contributed by atoms with van der Waals surface area (Å²) in [4.78, 5) is 0. The third-order valence-electron chi connectivity index (χ3n) is 2.51. The van der Waals surface area contributed by atoms with Crippen molar-refractivity contribution in [3.63, 3.8) is 0 Å². The summed E-state index contributed by atoms with van der Waals surface area (Å²) in [5.41, 5.74) is 7.23. The standard InChI is InChI=1S/C16H27N3O2/c1-6-18-15-11-13(7-8-14(15)17)20-10-9-19-12(2)21-16(3,4)5/h7-8,11,18-19H,2,6,9-10,17H2,1,3-5H3. The molecule has 1 aromatic rings. The molecule has 0 radical (unpaired) electrons. The minimum atomic E-state index is -0.247. The van der Waals surface area contributed by atoms with E-state index in [0.717, 1.165) is 18.0 Å². The van der Waals surface area contributed by atoms with Gasteiger partial charge in [-0.25, -0.2) is 0 Å². The largest absolute Gasteiger partial charge is 0.492 e. The molecule has 0 aromatic heterocycles. The molecule has 0 heterocycles. The van der Waals surface area contributed by atoms with Gasteiger partial charge in [-0.3, -0.25) is 0 Å². The van der Waals surface area contributed by atoms with Crippen LogP contribution in [0.4, 0.5) is 11.4 Å². The van der Waals surface area contributed by atoms with Gasteiger partial charge in [0.15, 0.2) is 5.88 Å². The normalized spacial score (nSPS) is 10.9. The topological polar surface area (TPSA) is 68.5 Å². The zero-order valence-corrected chi connectivity index (χ0v) is 13.5. The summed E-state index contributed by atoms with van der Waals surface area (Å²) < 4.78 is 11.2. The van der Waals surface area contributed by atoms with Crippen LogP contribution in [-0.2, 0) is 4.74 Å². The highest BCUT2D eigenvalue weighted by Gasteiger charge is 2.11. The molecule has 5 heteroatoms. The second kappa shape index (κ2) is 7.67. The third-order valence-corrected chi connectivity index (χ3v) is 2.51. The van der Waals surface area contributed by atoms with E-state index in [0.29, 0.717) is 24.7 Å². The Balaban J connectivity index is 2.36. The molecule has 1 rings (SSSR count). The highest BCUT2D eigenvalue weighted by atomic mass is 16.5. The molecule has 0 fully saturated rings. The lowest BCUT2D eigenvalue weighted by molar-refractivity contribution is 0.0407. The molecule has 0 saturated heterocycles. The first-order valence-corrected chi connectivity index (χ1v) is 7.20. The highest BCUT2D eigenvalue weighted by molar-refractivity contribution is 5.68. The summed E-state index contributed by atoms with van der Waals surface area (Å²) in [6.07, 6.45) is 0. The van der Waals surface area contributed by atoms with Crippen molar-refractivity contribution in [1.29, 1.82) is 0 Å². The van der Waals surface area contributed by atoms with E-state index >= 15 is 0 Å². The molecule has 0 aliphatic rings. The SMILES string of the molecule is C=C(NCCOc1ccc(N)c(NCC)c1)OC(C)(C)C. The number of anilines is 2. The monoisotopic (exact) mass is 293 g/mol. The lowest BCUT2D eigenvalue weighted by Gasteiger charge is -2.23. The van der Waals surface area contributed by atoms with E-state index in [-0.39, 0.29) is 5.60 Å². The average molecular weight is 293 g/mol. The molecule has 0 spiro atoms. The van der Waals surface area contributed by atoms with Crippen molar-refractivity contribution >= 4 is 11.4 Å². The Morgan fingerprint density at radius 2 is 2.05 bits per heavy atom. The van der Waals surface area contributed by atoms with Crippen LogP contribution in [0.15, 0.2) is 30.7 Å². The minimum absolute atomic E-state index is 0.247. The van der Waals surface area contributed by atoms with Crippen molar-refractivity contribution in [1.82, 2.24) is 5.32 Å².